The van der Waals surface area contributed by atoms with E-state index in [9.17, 15) is 14.7 Å². The fraction of sp³-hybridized carbons (Fsp3) is 0.312. The van der Waals surface area contributed by atoms with Gasteiger partial charge in [0.2, 0.25) is 0 Å². The topological polar surface area (TPSA) is 88.5 Å². The molecule has 0 aliphatic carbocycles. The Labute approximate surface area is 234 Å². The van der Waals surface area contributed by atoms with Gasteiger partial charge in [0.15, 0.2) is 11.5 Å². The highest BCUT2D eigenvalue weighted by atomic mass is 16.6. The minimum atomic E-state index is -0.887. The maximum atomic E-state index is 13.7. The summed E-state index contributed by atoms with van der Waals surface area (Å²) in [7, 11) is 5.38. The molecular weight excluding hydrogens is 508 g/mol. The molecule has 1 amide bonds. The number of methoxy groups -OCH3 is 1. The first-order valence-electron chi connectivity index (χ1n) is 13.2. The number of nitrogens with zero attached hydrogens (tertiary/aromatic N) is 2. The van der Waals surface area contributed by atoms with E-state index in [0.29, 0.717) is 47.3 Å². The van der Waals surface area contributed by atoms with Crippen LogP contribution in [0.25, 0.3) is 5.76 Å². The second-order valence-electron chi connectivity index (χ2n) is 11.1. The monoisotopic (exact) mass is 542 g/mol. The fourth-order valence-electron chi connectivity index (χ4n) is 5.06. The number of benzene rings is 3. The highest BCUT2D eigenvalue weighted by Gasteiger charge is 2.47. The fourth-order valence-corrected chi connectivity index (χ4v) is 5.06. The molecule has 0 radical (unpaired) electrons. The number of amides is 1. The first kappa shape index (κ1) is 27.1. The van der Waals surface area contributed by atoms with Gasteiger partial charge in [0.1, 0.15) is 24.7 Å². The summed E-state index contributed by atoms with van der Waals surface area (Å²) < 4.78 is 17.0. The number of carbonyl (C=O) groups is 2. The van der Waals surface area contributed by atoms with Gasteiger partial charge in [-0.3, -0.25) is 14.5 Å². The minimum Gasteiger partial charge on any atom is -0.507 e. The van der Waals surface area contributed by atoms with Gasteiger partial charge in [0.05, 0.1) is 24.3 Å². The van der Waals surface area contributed by atoms with Gasteiger partial charge >= 0.3 is 0 Å². The highest BCUT2D eigenvalue weighted by Crippen LogP contribution is 2.46. The van der Waals surface area contributed by atoms with E-state index in [4.69, 9.17) is 14.2 Å². The van der Waals surface area contributed by atoms with Crippen LogP contribution in [-0.4, -0.2) is 51.2 Å². The zero-order valence-electron chi connectivity index (χ0n) is 23.6. The SMILES string of the molecule is COc1ccc(C(C)(C)C)cc1/C(O)=C1\C(=O)C(=O)N(c2ccc3c(c2)OCCO3)C1c1ccc(N(C)C)cc1. The summed E-state index contributed by atoms with van der Waals surface area (Å²) in [6.45, 7) is 7.00. The summed E-state index contributed by atoms with van der Waals surface area (Å²) in [5, 5.41) is 11.8. The number of carbonyl (C=O) groups excluding carboxylic acids is 2. The Balaban J connectivity index is 1.73. The van der Waals surface area contributed by atoms with Gasteiger partial charge in [-0.25, -0.2) is 0 Å². The highest BCUT2D eigenvalue weighted by molar-refractivity contribution is 6.51. The molecule has 3 aromatic carbocycles. The van der Waals surface area contributed by atoms with Gasteiger partial charge in [-0.2, -0.15) is 0 Å². The van der Waals surface area contributed by atoms with E-state index >= 15 is 0 Å². The lowest BCUT2D eigenvalue weighted by atomic mass is 9.85. The molecule has 1 unspecified atom stereocenters. The van der Waals surface area contributed by atoms with Gasteiger partial charge in [-0.05, 0) is 52.9 Å². The van der Waals surface area contributed by atoms with Crippen molar-refractivity contribution in [1.82, 2.24) is 0 Å². The van der Waals surface area contributed by atoms with Crippen molar-refractivity contribution in [3.05, 3.63) is 82.9 Å². The quantitative estimate of drug-likeness (QED) is 0.260. The molecule has 2 aliphatic heterocycles. The zero-order valence-corrected chi connectivity index (χ0v) is 23.6. The largest absolute Gasteiger partial charge is 0.507 e. The molecule has 2 heterocycles. The van der Waals surface area contributed by atoms with Gasteiger partial charge in [-0.1, -0.05) is 39.0 Å². The van der Waals surface area contributed by atoms with Crippen molar-refractivity contribution >= 4 is 28.8 Å². The molecular formula is C32H34N2O6. The lowest BCUT2D eigenvalue weighted by Crippen LogP contribution is -2.29. The van der Waals surface area contributed by atoms with Crippen LogP contribution in [0.3, 0.4) is 0 Å². The molecule has 2 aliphatic rings. The predicted molar refractivity (Wildman–Crippen MR) is 155 cm³/mol. The van der Waals surface area contributed by atoms with E-state index in [1.165, 1.54) is 12.0 Å². The van der Waals surface area contributed by atoms with Crippen LogP contribution in [0.4, 0.5) is 11.4 Å². The van der Waals surface area contributed by atoms with Gasteiger partial charge in [0.25, 0.3) is 11.7 Å². The van der Waals surface area contributed by atoms with Crippen LogP contribution < -0.4 is 24.0 Å². The lowest BCUT2D eigenvalue weighted by molar-refractivity contribution is -0.132. The lowest BCUT2D eigenvalue weighted by Gasteiger charge is -2.27. The number of hydrogen-bond donors (Lipinski definition) is 1. The standard InChI is InChI=1S/C32H34N2O6/c1-32(2,3)20-9-13-24(38-6)23(17-20)29(35)27-28(19-7-10-21(11-8-19)33(4)5)34(31(37)30(27)36)22-12-14-25-26(18-22)40-16-15-39-25/h7-14,17-18,28,35H,15-16H2,1-6H3/b29-27+. The zero-order chi connectivity index (χ0) is 28.8. The molecule has 0 saturated carbocycles. The van der Waals surface area contributed by atoms with Gasteiger partial charge < -0.3 is 24.2 Å². The number of rotatable bonds is 5. The molecule has 3 aromatic rings. The molecule has 8 nitrogen and oxygen atoms in total. The van der Waals surface area contributed by atoms with E-state index in [2.05, 4.69) is 20.8 Å². The Hall–Kier alpha value is -4.46. The number of fused-ring (bicyclic) bond motifs is 1. The first-order chi connectivity index (χ1) is 19.0. The first-order valence-corrected chi connectivity index (χ1v) is 13.2. The maximum Gasteiger partial charge on any atom is 0.300 e. The Bertz CT molecular complexity index is 1500. The van der Waals surface area contributed by atoms with Gasteiger partial charge in [-0.15, -0.1) is 0 Å². The van der Waals surface area contributed by atoms with Crippen LogP contribution in [0.15, 0.2) is 66.2 Å². The predicted octanol–water partition coefficient (Wildman–Crippen LogP) is 5.46. The second kappa shape index (κ2) is 10.3. The summed E-state index contributed by atoms with van der Waals surface area (Å²) in [4.78, 5) is 30.8. The molecule has 1 saturated heterocycles. The average Bonchev–Trinajstić information content (AvgIpc) is 3.21. The summed E-state index contributed by atoms with van der Waals surface area (Å²) >= 11 is 0. The van der Waals surface area contributed by atoms with Crippen LogP contribution in [0.1, 0.15) is 43.5 Å². The summed E-state index contributed by atoms with van der Waals surface area (Å²) in [5.74, 6) is -0.349. The van der Waals surface area contributed by atoms with Crippen molar-refractivity contribution < 1.29 is 28.9 Å². The number of anilines is 2. The third-order valence-corrected chi connectivity index (χ3v) is 7.29. The summed E-state index contributed by atoms with van der Waals surface area (Å²) in [6, 6.07) is 17.3. The Morgan fingerprint density at radius 2 is 1.62 bits per heavy atom. The number of Topliss-reactive ketones (excluding diaryl/α,β-unsaturated/α-hetero) is 1. The van der Waals surface area contributed by atoms with E-state index in [0.717, 1.165) is 11.3 Å². The molecule has 0 bridgehead atoms. The number of ether oxygens (including phenoxy) is 3. The molecule has 1 N–H and O–H groups in total. The Morgan fingerprint density at radius 1 is 0.950 bits per heavy atom. The number of aliphatic hydroxyl groups is 1. The van der Waals surface area contributed by atoms with Crippen LogP contribution in [-0.2, 0) is 15.0 Å². The third-order valence-electron chi connectivity index (χ3n) is 7.29. The summed E-state index contributed by atoms with van der Waals surface area (Å²) in [5.41, 5.74) is 3.16. The van der Waals surface area contributed by atoms with Crippen LogP contribution in [0, 0.1) is 0 Å². The van der Waals surface area contributed by atoms with Crippen LogP contribution in [0.5, 0.6) is 17.2 Å². The maximum absolute atomic E-state index is 13.7. The average molecular weight is 543 g/mol. The van der Waals surface area contributed by atoms with E-state index < -0.39 is 17.7 Å². The van der Waals surface area contributed by atoms with Crippen LogP contribution >= 0.6 is 0 Å². The molecule has 40 heavy (non-hydrogen) atoms. The Kier molecular flexibility index (Phi) is 6.96. The van der Waals surface area contributed by atoms with Crippen molar-refractivity contribution in [1.29, 1.82) is 0 Å². The van der Waals surface area contributed by atoms with Crippen molar-refractivity contribution in [2.75, 3.05) is 44.2 Å². The normalized spacial score (nSPS) is 18.1. The molecule has 0 spiro atoms. The van der Waals surface area contributed by atoms with Crippen molar-refractivity contribution in [2.24, 2.45) is 0 Å². The molecule has 1 atom stereocenters. The molecule has 208 valence electrons. The second-order valence-corrected chi connectivity index (χ2v) is 11.1. The number of hydrogen-bond acceptors (Lipinski definition) is 7. The van der Waals surface area contributed by atoms with Crippen molar-refractivity contribution in [2.45, 2.75) is 32.2 Å². The van der Waals surface area contributed by atoms with E-state index in [1.807, 2.05) is 55.4 Å². The van der Waals surface area contributed by atoms with Crippen LogP contribution in [0.2, 0.25) is 0 Å². The molecule has 5 rings (SSSR count). The Morgan fingerprint density at radius 3 is 2.25 bits per heavy atom. The molecule has 0 aromatic heterocycles. The smallest absolute Gasteiger partial charge is 0.300 e. The van der Waals surface area contributed by atoms with Gasteiger partial charge in [0, 0.05) is 31.5 Å². The summed E-state index contributed by atoms with van der Waals surface area (Å²) in [6.07, 6.45) is 0. The molecule has 8 heteroatoms. The third kappa shape index (κ3) is 4.74. The number of aliphatic hydroxyl groups excluding tert-OH is 1. The minimum absolute atomic E-state index is 0.0122. The molecule has 1 fully saturated rings. The van der Waals surface area contributed by atoms with E-state index in [1.54, 1.807) is 24.3 Å². The number of ketones is 1. The van der Waals surface area contributed by atoms with Crippen molar-refractivity contribution in [3.63, 3.8) is 0 Å². The van der Waals surface area contributed by atoms with E-state index in [-0.39, 0.29) is 16.7 Å². The van der Waals surface area contributed by atoms with Crippen molar-refractivity contribution in [3.8, 4) is 17.2 Å².